The molecule has 0 unspecified atom stereocenters. The number of hydrogen-bond acceptors (Lipinski definition) is 6. The minimum absolute atomic E-state index is 0.0114. The van der Waals surface area contributed by atoms with Crippen molar-refractivity contribution < 1.29 is 4.79 Å². The molecule has 0 radical (unpaired) electrons. The Balaban J connectivity index is 1.64. The smallest absolute Gasteiger partial charge is 0.267 e. The molecule has 5 rings (SSSR count). The quantitative estimate of drug-likeness (QED) is 0.414. The molecule has 1 aromatic carbocycles. The predicted octanol–water partition coefficient (Wildman–Crippen LogP) is 4.26. The van der Waals surface area contributed by atoms with Gasteiger partial charge in [-0.05, 0) is 49.1 Å². The van der Waals surface area contributed by atoms with Crippen LogP contribution in [0.3, 0.4) is 0 Å². The number of rotatable bonds is 4. The number of aromatic nitrogens is 2. The molecule has 8 heteroatoms. The summed E-state index contributed by atoms with van der Waals surface area (Å²) in [4.78, 5) is 35.8. The molecular weight excluding hydrogens is 452 g/mol. The highest BCUT2D eigenvalue weighted by Crippen LogP contribution is 2.35. The monoisotopic (exact) mass is 476 g/mol. The number of thioether (sulfide) groups is 1. The number of carbonyl (C=O) groups is 1. The molecule has 33 heavy (non-hydrogen) atoms. The lowest BCUT2D eigenvalue weighted by molar-refractivity contribution is -0.123. The van der Waals surface area contributed by atoms with Gasteiger partial charge in [-0.3, -0.25) is 18.9 Å². The summed E-state index contributed by atoms with van der Waals surface area (Å²) in [6.07, 6.45) is 5.08. The predicted molar refractivity (Wildman–Crippen MR) is 137 cm³/mol. The van der Waals surface area contributed by atoms with E-state index in [0.717, 1.165) is 19.4 Å². The van der Waals surface area contributed by atoms with Crippen molar-refractivity contribution in [3.8, 4) is 0 Å². The molecule has 0 spiro atoms. The summed E-state index contributed by atoms with van der Waals surface area (Å²) >= 11 is 6.74. The van der Waals surface area contributed by atoms with Crippen molar-refractivity contribution in [3.63, 3.8) is 0 Å². The zero-order valence-corrected chi connectivity index (χ0v) is 20.2. The molecule has 3 aromatic rings. The SMILES string of the molecule is CC[C@@H](C)N1C(=O)/C(=C/c2c(N3CCc4ccccc4C3)nc3ccccn3c2=O)SC1=S. The van der Waals surface area contributed by atoms with E-state index in [1.54, 1.807) is 23.2 Å². The fourth-order valence-electron chi connectivity index (χ4n) is 4.31. The fraction of sp³-hybridized carbons (Fsp3) is 0.280. The highest BCUT2D eigenvalue weighted by Gasteiger charge is 2.35. The van der Waals surface area contributed by atoms with Crippen molar-refractivity contribution >= 4 is 51.7 Å². The van der Waals surface area contributed by atoms with Crippen LogP contribution in [0, 0.1) is 0 Å². The molecule has 6 nitrogen and oxygen atoms in total. The molecule has 1 fully saturated rings. The molecular formula is C25H24N4O2S2. The van der Waals surface area contributed by atoms with Gasteiger partial charge in [0.15, 0.2) is 0 Å². The number of carbonyl (C=O) groups excluding carboxylic acids is 1. The number of nitrogens with zero attached hydrogens (tertiary/aromatic N) is 4. The van der Waals surface area contributed by atoms with Crippen LogP contribution < -0.4 is 10.5 Å². The van der Waals surface area contributed by atoms with Crippen LogP contribution in [0.15, 0.2) is 58.4 Å². The van der Waals surface area contributed by atoms with Crippen molar-refractivity contribution in [3.05, 3.63) is 80.6 Å². The van der Waals surface area contributed by atoms with Gasteiger partial charge in [-0.1, -0.05) is 61.2 Å². The standard InChI is InChI=1S/C25H24N4O2S2/c1-3-16(2)29-24(31)20(33-25(29)32)14-19-22(26-21-10-6-7-12-28(21)23(19)30)27-13-11-17-8-4-5-9-18(17)15-27/h4-10,12,14,16H,3,11,13,15H2,1-2H3/b20-14-/t16-/m1/s1. The van der Waals surface area contributed by atoms with Gasteiger partial charge in [0.1, 0.15) is 15.8 Å². The lowest BCUT2D eigenvalue weighted by Gasteiger charge is -2.30. The Morgan fingerprint density at radius 1 is 1.15 bits per heavy atom. The third-order valence-electron chi connectivity index (χ3n) is 6.31. The van der Waals surface area contributed by atoms with Crippen LogP contribution in [0.2, 0.25) is 0 Å². The normalized spacial score (nSPS) is 18.3. The Kier molecular flexibility index (Phi) is 5.80. The van der Waals surface area contributed by atoms with Crippen molar-refractivity contribution in [2.45, 2.75) is 39.3 Å². The Labute approximate surface area is 201 Å². The lowest BCUT2D eigenvalue weighted by Crippen LogP contribution is -2.36. The highest BCUT2D eigenvalue weighted by molar-refractivity contribution is 8.26. The maximum absolute atomic E-state index is 13.6. The molecule has 0 saturated carbocycles. The summed E-state index contributed by atoms with van der Waals surface area (Å²) in [5.41, 5.74) is 3.36. The van der Waals surface area contributed by atoms with Gasteiger partial charge in [0, 0.05) is 25.3 Å². The molecule has 0 bridgehead atoms. The minimum Gasteiger partial charge on any atom is -0.351 e. The van der Waals surface area contributed by atoms with Gasteiger partial charge in [-0.15, -0.1) is 0 Å². The summed E-state index contributed by atoms with van der Waals surface area (Å²) in [6, 6.07) is 13.9. The van der Waals surface area contributed by atoms with E-state index >= 15 is 0 Å². The van der Waals surface area contributed by atoms with E-state index in [0.29, 0.717) is 32.8 Å². The average molecular weight is 477 g/mol. The van der Waals surface area contributed by atoms with E-state index in [4.69, 9.17) is 17.2 Å². The molecule has 1 saturated heterocycles. The zero-order valence-electron chi connectivity index (χ0n) is 18.5. The topological polar surface area (TPSA) is 57.9 Å². The molecule has 0 aliphatic carbocycles. The highest BCUT2D eigenvalue weighted by atomic mass is 32.2. The molecule has 1 amide bonds. The van der Waals surface area contributed by atoms with Crippen LogP contribution in [0.5, 0.6) is 0 Å². The van der Waals surface area contributed by atoms with E-state index in [1.165, 1.54) is 27.3 Å². The van der Waals surface area contributed by atoms with Crippen LogP contribution in [0.1, 0.15) is 37.0 Å². The average Bonchev–Trinajstić information content (AvgIpc) is 3.12. The summed E-state index contributed by atoms with van der Waals surface area (Å²) in [5, 5.41) is 0. The van der Waals surface area contributed by atoms with Crippen molar-refractivity contribution in [2.75, 3.05) is 11.4 Å². The number of anilines is 1. The van der Waals surface area contributed by atoms with E-state index < -0.39 is 0 Å². The van der Waals surface area contributed by atoms with Gasteiger partial charge in [0.2, 0.25) is 0 Å². The van der Waals surface area contributed by atoms with Crippen LogP contribution in [-0.4, -0.2) is 37.1 Å². The number of benzene rings is 1. The summed E-state index contributed by atoms with van der Waals surface area (Å²) in [6.45, 7) is 5.43. The van der Waals surface area contributed by atoms with Crippen molar-refractivity contribution in [1.29, 1.82) is 0 Å². The second-order valence-electron chi connectivity index (χ2n) is 8.33. The van der Waals surface area contributed by atoms with Gasteiger partial charge < -0.3 is 4.90 Å². The van der Waals surface area contributed by atoms with Crippen molar-refractivity contribution in [1.82, 2.24) is 14.3 Å². The third kappa shape index (κ3) is 3.87. The van der Waals surface area contributed by atoms with Crippen LogP contribution in [0.25, 0.3) is 11.7 Å². The fourth-order valence-corrected chi connectivity index (χ4v) is 5.75. The molecule has 168 valence electrons. The molecule has 4 heterocycles. The van der Waals surface area contributed by atoms with Gasteiger partial charge in [-0.25, -0.2) is 4.98 Å². The third-order valence-corrected chi connectivity index (χ3v) is 7.64. The zero-order chi connectivity index (χ0) is 23.1. The second-order valence-corrected chi connectivity index (χ2v) is 10.0. The van der Waals surface area contributed by atoms with Gasteiger partial charge in [0.25, 0.3) is 11.5 Å². The summed E-state index contributed by atoms with van der Waals surface area (Å²) in [7, 11) is 0. The van der Waals surface area contributed by atoms with Gasteiger partial charge >= 0.3 is 0 Å². The van der Waals surface area contributed by atoms with Gasteiger partial charge in [0.05, 0.1) is 10.5 Å². The number of amides is 1. The first-order valence-electron chi connectivity index (χ1n) is 11.1. The van der Waals surface area contributed by atoms with Crippen LogP contribution >= 0.6 is 24.0 Å². The number of thiocarbonyl (C=S) groups is 1. The lowest BCUT2D eigenvalue weighted by atomic mass is 9.99. The molecule has 1 atom stereocenters. The summed E-state index contributed by atoms with van der Waals surface area (Å²) < 4.78 is 2.06. The van der Waals surface area contributed by atoms with Crippen LogP contribution in [-0.2, 0) is 17.8 Å². The van der Waals surface area contributed by atoms with Crippen molar-refractivity contribution in [2.24, 2.45) is 0 Å². The Bertz CT molecular complexity index is 1360. The maximum Gasteiger partial charge on any atom is 0.267 e. The van der Waals surface area contributed by atoms with E-state index in [-0.39, 0.29) is 17.5 Å². The largest absolute Gasteiger partial charge is 0.351 e. The molecule has 2 aromatic heterocycles. The molecule has 2 aliphatic heterocycles. The minimum atomic E-state index is -0.191. The Hall–Kier alpha value is -2.97. The van der Waals surface area contributed by atoms with Gasteiger partial charge in [-0.2, -0.15) is 0 Å². The molecule has 2 aliphatic rings. The van der Waals surface area contributed by atoms with E-state index in [1.807, 2.05) is 32.0 Å². The first-order valence-corrected chi connectivity index (χ1v) is 12.3. The van der Waals surface area contributed by atoms with E-state index in [9.17, 15) is 9.59 Å². The second kappa shape index (κ2) is 8.76. The number of pyridine rings is 1. The Morgan fingerprint density at radius 3 is 2.70 bits per heavy atom. The first kappa shape index (κ1) is 21.9. The van der Waals surface area contributed by atoms with Crippen LogP contribution in [0.4, 0.5) is 5.82 Å². The number of fused-ring (bicyclic) bond motifs is 2. The summed E-state index contributed by atoms with van der Waals surface area (Å²) in [5.74, 6) is 0.460. The first-order chi connectivity index (χ1) is 16.0. The van der Waals surface area contributed by atoms with E-state index in [2.05, 4.69) is 23.1 Å². The Morgan fingerprint density at radius 2 is 1.91 bits per heavy atom. The maximum atomic E-state index is 13.6. The number of hydrogen-bond donors (Lipinski definition) is 0. The molecule has 0 N–H and O–H groups in total.